The fraction of sp³-hybridized carbons (Fsp3) is 0.480. The van der Waals surface area contributed by atoms with Crippen LogP contribution >= 0.6 is 11.6 Å². The maximum atomic E-state index is 13.9. The second-order valence-corrected chi connectivity index (χ2v) is 11.5. The number of hydrogen-bond donors (Lipinski definition) is 1. The van der Waals surface area contributed by atoms with Crippen molar-refractivity contribution in [2.75, 3.05) is 18.5 Å². The van der Waals surface area contributed by atoms with Crippen LogP contribution in [-0.4, -0.2) is 43.4 Å². The lowest BCUT2D eigenvalue weighted by Gasteiger charge is -2.36. The summed E-state index contributed by atoms with van der Waals surface area (Å²) in [5, 5.41) is 9.45. The first-order valence-electron chi connectivity index (χ1n) is 11.6. The predicted molar refractivity (Wildman–Crippen MR) is 131 cm³/mol. The zero-order chi connectivity index (χ0) is 23.6. The molecule has 0 radical (unpaired) electrons. The largest absolute Gasteiger partial charge is 0.481 e. The molecule has 1 N–H and O–H groups in total. The number of rotatable bonds is 6. The van der Waals surface area contributed by atoms with Crippen molar-refractivity contribution < 1.29 is 18.3 Å². The third kappa shape index (κ3) is 5.05. The molecule has 1 fully saturated rings. The van der Waals surface area contributed by atoms with E-state index in [1.807, 2.05) is 30.3 Å². The highest BCUT2D eigenvalue weighted by Crippen LogP contribution is 2.42. The molecule has 6 nitrogen and oxygen atoms in total. The monoisotopic (exact) mass is 490 g/mol. The van der Waals surface area contributed by atoms with Crippen LogP contribution in [0.5, 0.6) is 0 Å². The van der Waals surface area contributed by atoms with Crippen molar-refractivity contribution in [1.82, 2.24) is 4.31 Å². The van der Waals surface area contributed by atoms with Gasteiger partial charge in [-0.2, -0.15) is 4.31 Å². The van der Waals surface area contributed by atoms with E-state index in [9.17, 15) is 13.2 Å². The zero-order valence-electron chi connectivity index (χ0n) is 18.9. The Hall–Kier alpha value is -2.09. The topological polar surface area (TPSA) is 77.9 Å². The summed E-state index contributed by atoms with van der Waals surface area (Å²) in [5.41, 5.74) is 2.18. The molecule has 0 spiro atoms. The van der Waals surface area contributed by atoms with Gasteiger partial charge in [0.25, 0.3) is 0 Å². The molecule has 4 rings (SSSR count). The summed E-state index contributed by atoms with van der Waals surface area (Å²) in [6.45, 7) is 0.562. The van der Waals surface area contributed by atoms with E-state index < -0.39 is 16.0 Å². The molecule has 0 unspecified atom stereocenters. The lowest BCUT2D eigenvalue weighted by Crippen LogP contribution is -2.46. The standard InChI is InChI=1S/C25H31ClN2O4S/c1-27-23(18-9-4-2-5-10-18)17-28(20-12-6-3-7-13-20)22-16-21(26)19(11-8-14-25(29)30)15-24(22)33(27,31)32/h3,6-7,12-13,15-16,18,23H,2,4-5,8-11,14,17H2,1H3,(H,29,30)/t23-/m0/s1. The van der Waals surface area contributed by atoms with E-state index in [0.29, 0.717) is 41.6 Å². The molecule has 1 heterocycles. The number of likely N-dealkylation sites (N-methyl/N-ethyl adjacent to an activating group) is 1. The second kappa shape index (κ2) is 10.0. The highest BCUT2D eigenvalue weighted by Gasteiger charge is 2.41. The molecule has 1 aliphatic carbocycles. The summed E-state index contributed by atoms with van der Waals surface area (Å²) in [7, 11) is -2.06. The Balaban J connectivity index is 1.82. The number of halogens is 1. The summed E-state index contributed by atoms with van der Waals surface area (Å²) >= 11 is 6.61. The molecular formula is C25H31ClN2O4S. The number of para-hydroxylation sites is 1. The van der Waals surface area contributed by atoms with Crippen molar-refractivity contribution in [1.29, 1.82) is 0 Å². The van der Waals surface area contributed by atoms with Crippen molar-refractivity contribution in [3.05, 3.63) is 53.1 Å². The highest BCUT2D eigenvalue weighted by atomic mass is 35.5. The molecule has 1 aliphatic heterocycles. The molecule has 0 amide bonds. The third-order valence-electron chi connectivity index (χ3n) is 7.01. The molecule has 0 bridgehead atoms. The maximum absolute atomic E-state index is 13.9. The molecule has 2 aliphatic rings. The van der Waals surface area contributed by atoms with E-state index in [4.69, 9.17) is 16.7 Å². The molecular weight excluding hydrogens is 460 g/mol. The summed E-state index contributed by atoms with van der Waals surface area (Å²) < 4.78 is 29.3. The van der Waals surface area contributed by atoms with Gasteiger partial charge in [-0.05, 0) is 61.4 Å². The van der Waals surface area contributed by atoms with Crippen molar-refractivity contribution in [2.24, 2.45) is 5.92 Å². The van der Waals surface area contributed by atoms with Crippen LogP contribution in [0.2, 0.25) is 5.02 Å². The first-order valence-corrected chi connectivity index (χ1v) is 13.5. The van der Waals surface area contributed by atoms with Crippen LogP contribution in [0.4, 0.5) is 11.4 Å². The summed E-state index contributed by atoms with van der Waals surface area (Å²) in [6, 6.07) is 13.1. The van der Waals surface area contributed by atoms with E-state index >= 15 is 0 Å². The number of carbonyl (C=O) groups is 1. The van der Waals surface area contributed by atoms with Gasteiger partial charge < -0.3 is 10.0 Å². The molecule has 178 valence electrons. The van der Waals surface area contributed by atoms with Gasteiger partial charge in [-0.25, -0.2) is 8.42 Å². The van der Waals surface area contributed by atoms with Crippen LogP contribution in [0.15, 0.2) is 47.4 Å². The number of carboxylic acids is 1. The molecule has 2 aromatic rings. The van der Waals surface area contributed by atoms with Crippen molar-refractivity contribution in [3.63, 3.8) is 0 Å². The Morgan fingerprint density at radius 1 is 1.12 bits per heavy atom. The minimum atomic E-state index is -3.76. The predicted octanol–water partition coefficient (Wildman–Crippen LogP) is 5.47. The summed E-state index contributed by atoms with van der Waals surface area (Å²) in [5.74, 6) is -0.566. The average molecular weight is 491 g/mol. The molecule has 33 heavy (non-hydrogen) atoms. The zero-order valence-corrected chi connectivity index (χ0v) is 20.5. The second-order valence-electron chi connectivity index (χ2n) is 9.09. The van der Waals surface area contributed by atoms with Crippen LogP contribution in [0.25, 0.3) is 0 Å². The third-order valence-corrected chi connectivity index (χ3v) is 9.27. The number of sulfonamides is 1. The van der Waals surface area contributed by atoms with Gasteiger partial charge >= 0.3 is 5.97 Å². The van der Waals surface area contributed by atoms with Gasteiger partial charge in [0.2, 0.25) is 10.0 Å². The van der Waals surface area contributed by atoms with Crippen LogP contribution in [0, 0.1) is 5.92 Å². The average Bonchev–Trinajstić information content (AvgIpc) is 2.88. The van der Waals surface area contributed by atoms with Crippen LogP contribution in [0.1, 0.15) is 50.5 Å². The van der Waals surface area contributed by atoms with Gasteiger partial charge in [0.05, 0.1) is 5.69 Å². The Labute approximate surface area is 201 Å². The molecule has 1 saturated carbocycles. The van der Waals surface area contributed by atoms with Crippen molar-refractivity contribution >= 4 is 39.0 Å². The molecule has 8 heteroatoms. The Kier molecular flexibility index (Phi) is 7.31. The quantitative estimate of drug-likeness (QED) is 0.581. The number of benzene rings is 2. The maximum Gasteiger partial charge on any atom is 0.303 e. The van der Waals surface area contributed by atoms with Gasteiger partial charge in [-0.3, -0.25) is 4.79 Å². The highest BCUT2D eigenvalue weighted by molar-refractivity contribution is 7.89. The number of fused-ring (bicyclic) bond motifs is 1. The minimum absolute atomic E-state index is 0.0139. The normalized spacial score (nSPS) is 21.4. The van der Waals surface area contributed by atoms with Crippen molar-refractivity contribution in [2.45, 2.75) is 62.3 Å². The fourth-order valence-corrected chi connectivity index (χ4v) is 7.06. The van der Waals surface area contributed by atoms with Gasteiger partial charge in [-0.1, -0.05) is 49.1 Å². The van der Waals surface area contributed by atoms with Crippen LogP contribution < -0.4 is 4.90 Å². The van der Waals surface area contributed by atoms with Crippen molar-refractivity contribution in [3.8, 4) is 0 Å². The summed E-state index contributed by atoms with van der Waals surface area (Å²) in [6.07, 6.45) is 6.36. The van der Waals surface area contributed by atoms with Crippen LogP contribution in [0.3, 0.4) is 0 Å². The Bertz CT molecular complexity index is 1100. The fourth-order valence-electron chi connectivity index (χ4n) is 5.18. The van der Waals surface area contributed by atoms with Crippen LogP contribution in [-0.2, 0) is 21.2 Å². The lowest BCUT2D eigenvalue weighted by atomic mass is 9.83. The number of aryl methyl sites for hydroxylation is 1. The van der Waals surface area contributed by atoms with E-state index in [0.717, 1.165) is 31.4 Å². The number of hydrogen-bond acceptors (Lipinski definition) is 4. The number of aliphatic carboxylic acids is 1. The first kappa shape index (κ1) is 24.0. The molecule has 2 aromatic carbocycles. The van der Waals surface area contributed by atoms with Gasteiger partial charge in [0, 0.05) is 36.8 Å². The minimum Gasteiger partial charge on any atom is -0.481 e. The number of carboxylic acid groups (broad SMARTS) is 1. The van der Waals surface area contributed by atoms with E-state index in [-0.39, 0.29) is 17.4 Å². The number of anilines is 2. The van der Waals surface area contributed by atoms with E-state index in [1.165, 1.54) is 6.42 Å². The Morgan fingerprint density at radius 3 is 2.48 bits per heavy atom. The van der Waals surface area contributed by atoms with E-state index in [1.54, 1.807) is 23.5 Å². The molecule has 0 saturated heterocycles. The van der Waals surface area contributed by atoms with Gasteiger partial charge in [0.15, 0.2) is 0 Å². The smallest absolute Gasteiger partial charge is 0.303 e. The Morgan fingerprint density at radius 2 is 1.82 bits per heavy atom. The SMILES string of the molecule is CN1[C@H](C2CCCCC2)CN(c2ccccc2)c2cc(Cl)c(CCCC(=O)O)cc2S1(=O)=O. The molecule has 0 aromatic heterocycles. The molecule has 1 atom stereocenters. The lowest BCUT2D eigenvalue weighted by molar-refractivity contribution is -0.137. The first-order chi connectivity index (χ1) is 15.8. The van der Waals surface area contributed by atoms with Gasteiger partial charge in [0.1, 0.15) is 4.90 Å². The van der Waals surface area contributed by atoms with Gasteiger partial charge in [-0.15, -0.1) is 0 Å². The summed E-state index contributed by atoms with van der Waals surface area (Å²) in [4.78, 5) is 13.3. The van der Waals surface area contributed by atoms with E-state index in [2.05, 4.69) is 4.90 Å². The number of nitrogens with zero attached hydrogens (tertiary/aromatic N) is 2.